The van der Waals surface area contributed by atoms with E-state index >= 15 is 0 Å². The van der Waals surface area contributed by atoms with Crippen molar-refractivity contribution >= 4 is 29.7 Å². The van der Waals surface area contributed by atoms with E-state index in [0.29, 0.717) is 25.8 Å². The Morgan fingerprint density at radius 3 is 2.49 bits per heavy atom. The smallest absolute Gasteiger partial charge is 0.322 e. The van der Waals surface area contributed by atoms with E-state index < -0.39 is 48.4 Å². The molecule has 35 heavy (non-hydrogen) atoms. The highest BCUT2D eigenvalue weighted by molar-refractivity contribution is 5.94. The Morgan fingerprint density at radius 1 is 1.17 bits per heavy atom. The van der Waals surface area contributed by atoms with Crippen molar-refractivity contribution in [3.05, 3.63) is 29.8 Å². The second kappa shape index (κ2) is 13.1. The number of hydrogen-bond acceptors (Lipinski definition) is 7. The van der Waals surface area contributed by atoms with Crippen molar-refractivity contribution in [1.29, 1.82) is 0 Å². The molecule has 2 rings (SSSR count). The van der Waals surface area contributed by atoms with Gasteiger partial charge in [0.2, 0.25) is 17.7 Å². The van der Waals surface area contributed by atoms with Crippen LogP contribution in [0.15, 0.2) is 29.3 Å². The number of carboxylic acid groups (broad SMARTS) is 1. The van der Waals surface area contributed by atoms with Crippen LogP contribution >= 0.6 is 0 Å². The molecule has 13 nitrogen and oxygen atoms in total. The van der Waals surface area contributed by atoms with Crippen LogP contribution in [0.25, 0.3) is 0 Å². The molecule has 3 amide bonds. The highest BCUT2D eigenvalue weighted by Crippen LogP contribution is 2.20. The molecule has 1 aliphatic heterocycles. The van der Waals surface area contributed by atoms with Gasteiger partial charge in [0.05, 0.1) is 6.04 Å². The summed E-state index contributed by atoms with van der Waals surface area (Å²) in [7, 11) is 0. The third-order valence-electron chi connectivity index (χ3n) is 5.54. The fraction of sp³-hybridized carbons (Fsp3) is 0.500. The molecule has 0 radical (unpaired) electrons. The predicted octanol–water partition coefficient (Wildman–Crippen LogP) is -2.01. The summed E-state index contributed by atoms with van der Waals surface area (Å²) >= 11 is 0. The number of benzene rings is 1. The zero-order chi connectivity index (χ0) is 26.0. The number of aromatic hydroxyl groups is 1. The van der Waals surface area contributed by atoms with Crippen molar-refractivity contribution in [2.75, 3.05) is 19.6 Å². The van der Waals surface area contributed by atoms with Gasteiger partial charge in [0.15, 0.2) is 5.96 Å². The van der Waals surface area contributed by atoms with Crippen molar-refractivity contribution in [1.82, 2.24) is 15.5 Å². The molecule has 1 saturated heterocycles. The van der Waals surface area contributed by atoms with Crippen molar-refractivity contribution in [2.45, 2.75) is 50.2 Å². The van der Waals surface area contributed by atoms with Gasteiger partial charge in [0.25, 0.3) is 0 Å². The Kier molecular flexibility index (Phi) is 10.3. The minimum atomic E-state index is -1.19. The minimum Gasteiger partial charge on any atom is -0.508 e. The first-order valence-electron chi connectivity index (χ1n) is 11.3. The normalized spacial score (nSPS) is 16.7. The summed E-state index contributed by atoms with van der Waals surface area (Å²) < 4.78 is 0. The van der Waals surface area contributed by atoms with Gasteiger partial charge >= 0.3 is 5.97 Å². The summed E-state index contributed by atoms with van der Waals surface area (Å²) in [6, 6.07) is 3.49. The van der Waals surface area contributed by atoms with Crippen LogP contribution in [-0.4, -0.2) is 82.5 Å². The third-order valence-corrected chi connectivity index (χ3v) is 5.54. The lowest BCUT2D eigenvalue weighted by molar-refractivity contribution is -0.143. The summed E-state index contributed by atoms with van der Waals surface area (Å²) in [6.45, 7) is -0.0178. The topological polar surface area (TPSA) is 226 Å². The number of nitrogens with one attached hydrogen (secondary N) is 2. The third kappa shape index (κ3) is 8.77. The molecule has 1 fully saturated rings. The maximum absolute atomic E-state index is 13.3. The van der Waals surface area contributed by atoms with E-state index in [4.69, 9.17) is 22.3 Å². The van der Waals surface area contributed by atoms with Gasteiger partial charge in [-0.3, -0.25) is 24.2 Å². The van der Waals surface area contributed by atoms with Crippen LogP contribution in [0.5, 0.6) is 5.75 Å². The van der Waals surface area contributed by atoms with Gasteiger partial charge in [-0.25, -0.2) is 0 Å². The second-order valence-electron chi connectivity index (χ2n) is 8.29. The number of amides is 3. The number of carbonyl (C=O) groups excluding carboxylic acids is 3. The Balaban J connectivity index is 2.09. The number of aliphatic imine (C=N–C) groups is 1. The number of likely N-dealkylation sites (tertiary alicyclic amines) is 1. The number of hydrogen-bond donors (Lipinski definition) is 7. The van der Waals surface area contributed by atoms with E-state index in [9.17, 15) is 24.3 Å². The SMILES string of the molecule is NC(N)=NCCCC(NC(=O)C(N)Cc1ccc(O)cc1)C(=O)N1CCCC1C(=O)NCC(=O)O. The molecule has 13 heteroatoms. The van der Waals surface area contributed by atoms with E-state index in [1.165, 1.54) is 17.0 Å². The molecule has 3 unspecified atom stereocenters. The number of nitrogens with two attached hydrogens (primary N) is 3. The Hall–Kier alpha value is -3.87. The van der Waals surface area contributed by atoms with Gasteiger partial charge in [-0.2, -0.15) is 0 Å². The van der Waals surface area contributed by atoms with Crippen molar-refractivity contribution < 1.29 is 29.4 Å². The molecule has 10 N–H and O–H groups in total. The fourth-order valence-corrected chi connectivity index (χ4v) is 3.80. The van der Waals surface area contributed by atoms with E-state index in [1.807, 2.05) is 0 Å². The van der Waals surface area contributed by atoms with Gasteiger partial charge < -0.3 is 42.9 Å². The molecule has 0 spiro atoms. The average Bonchev–Trinajstić information content (AvgIpc) is 3.30. The first kappa shape index (κ1) is 27.4. The van der Waals surface area contributed by atoms with Crippen LogP contribution in [0, 0.1) is 0 Å². The van der Waals surface area contributed by atoms with Crippen LogP contribution in [-0.2, 0) is 25.6 Å². The highest BCUT2D eigenvalue weighted by Gasteiger charge is 2.37. The molecule has 0 aliphatic carbocycles. The lowest BCUT2D eigenvalue weighted by atomic mass is 10.0. The molecular formula is C22H33N7O6. The largest absolute Gasteiger partial charge is 0.508 e. The number of phenolic OH excluding ortho intramolecular Hbond substituents is 1. The first-order chi connectivity index (χ1) is 16.6. The Bertz CT molecular complexity index is 933. The second-order valence-corrected chi connectivity index (χ2v) is 8.29. The number of carboxylic acids is 1. The highest BCUT2D eigenvalue weighted by atomic mass is 16.4. The lowest BCUT2D eigenvalue weighted by Gasteiger charge is -2.29. The van der Waals surface area contributed by atoms with Crippen molar-refractivity contribution in [3.8, 4) is 5.75 Å². The molecule has 1 aliphatic rings. The predicted molar refractivity (Wildman–Crippen MR) is 127 cm³/mol. The Labute approximate surface area is 202 Å². The monoisotopic (exact) mass is 491 g/mol. The molecule has 1 heterocycles. The zero-order valence-electron chi connectivity index (χ0n) is 19.4. The number of aliphatic carboxylic acids is 1. The summed E-state index contributed by atoms with van der Waals surface area (Å²) in [5.41, 5.74) is 17.5. The van der Waals surface area contributed by atoms with Crippen LogP contribution in [0.4, 0.5) is 0 Å². The molecular weight excluding hydrogens is 458 g/mol. The standard InChI is InChI=1S/C22H33N7O6/c23-15(11-13-5-7-14(30)8-6-13)19(33)28-16(3-1-9-26-22(24)25)21(35)29-10-2-4-17(29)20(34)27-12-18(31)32/h5-8,15-17,30H,1-4,9-12,23H2,(H,27,34)(H,28,33)(H,31,32)(H4,24,25,26). The minimum absolute atomic E-state index is 0.0887. The number of phenols is 1. The van der Waals surface area contributed by atoms with E-state index in [-0.39, 0.29) is 31.1 Å². The van der Waals surface area contributed by atoms with Gasteiger partial charge in [-0.1, -0.05) is 12.1 Å². The average molecular weight is 492 g/mol. The van der Waals surface area contributed by atoms with Crippen LogP contribution in [0.3, 0.4) is 0 Å². The van der Waals surface area contributed by atoms with E-state index in [0.717, 1.165) is 5.56 Å². The summed E-state index contributed by atoms with van der Waals surface area (Å²) in [6.07, 6.45) is 1.71. The van der Waals surface area contributed by atoms with E-state index in [2.05, 4.69) is 15.6 Å². The molecule has 3 atom stereocenters. The van der Waals surface area contributed by atoms with Crippen molar-refractivity contribution in [2.24, 2.45) is 22.2 Å². The van der Waals surface area contributed by atoms with Gasteiger partial charge in [0.1, 0.15) is 24.4 Å². The number of nitrogens with zero attached hydrogens (tertiary/aromatic N) is 2. The number of guanidine groups is 1. The zero-order valence-corrected chi connectivity index (χ0v) is 19.4. The molecule has 0 saturated carbocycles. The van der Waals surface area contributed by atoms with Gasteiger partial charge in [0, 0.05) is 13.1 Å². The molecule has 1 aromatic rings. The van der Waals surface area contributed by atoms with Crippen molar-refractivity contribution in [3.63, 3.8) is 0 Å². The summed E-state index contributed by atoms with van der Waals surface area (Å²) in [5, 5.41) is 23.2. The van der Waals surface area contributed by atoms with E-state index in [1.54, 1.807) is 12.1 Å². The van der Waals surface area contributed by atoms with Crippen LogP contribution in [0.1, 0.15) is 31.2 Å². The summed E-state index contributed by atoms with van der Waals surface area (Å²) in [4.78, 5) is 54.6. The molecule has 1 aromatic carbocycles. The maximum atomic E-state index is 13.3. The summed E-state index contributed by atoms with van der Waals surface area (Å²) in [5.74, 6) is -2.78. The number of rotatable bonds is 12. The van der Waals surface area contributed by atoms with Crippen LogP contribution in [0.2, 0.25) is 0 Å². The fourth-order valence-electron chi connectivity index (χ4n) is 3.80. The lowest BCUT2D eigenvalue weighted by Crippen LogP contribution is -2.56. The van der Waals surface area contributed by atoms with Gasteiger partial charge in [-0.15, -0.1) is 0 Å². The molecule has 192 valence electrons. The molecule has 0 aromatic heterocycles. The Morgan fingerprint density at radius 2 is 1.86 bits per heavy atom. The van der Waals surface area contributed by atoms with Crippen LogP contribution < -0.4 is 27.8 Å². The first-order valence-corrected chi connectivity index (χ1v) is 11.3. The number of carbonyl (C=O) groups is 4. The quantitative estimate of drug-likeness (QED) is 0.0972. The maximum Gasteiger partial charge on any atom is 0.322 e. The molecule has 0 bridgehead atoms. The van der Waals surface area contributed by atoms with Gasteiger partial charge in [-0.05, 0) is 49.8 Å².